The Morgan fingerprint density at radius 3 is 2.77 bits per heavy atom. The zero-order chi connectivity index (χ0) is 20.8. The molecule has 1 aromatic carbocycles. The highest BCUT2D eigenvalue weighted by Gasteiger charge is 2.34. The van der Waals surface area contributed by atoms with Crippen LogP contribution in [0.2, 0.25) is 0 Å². The molecule has 1 atom stereocenters. The molecule has 4 nitrogen and oxygen atoms in total. The van der Waals surface area contributed by atoms with Crippen LogP contribution in [-0.2, 0) is 19.4 Å². The van der Waals surface area contributed by atoms with Crippen molar-refractivity contribution in [3.8, 4) is 5.00 Å². The van der Waals surface area contributed by atoms with Gasteiger partial charge in [0.05, 0.1) is 12.6 Å². The van der Waals surface area contributed by atoms with Gasteiger partial charge in [0.1, 0.15) is 5.00 Å². The van der Waals surface area contributed by atoms with Gasteiger partial charge in [-0.15, -0.1) is 11.3 Å². The fourth-order valence-electron chi connectivity index (χ4n) is 4.92. The Morgan fingerprint density at radius 1 is 1.13 bits per heavy atom. The molecule has 156 valence electrons. The molecule has 0 saturated carbocycles. The largest absolute Gasteiger partial charge is 0.322 e. The fourth-order valence-corrected chi connectivity index (χ4v) is 6.33. The van der Waals surface area contributed by atoms with E-state index in [0.29, 0.717) is 6.54 Å². The number of nitrogens with zero attached hydrogens (tertiary/aromatic N) is 2. The summed E-state index contributed by atoms with van der Waals surface area (Å²) < 4.78 is 2.34. The van der Waals surface area contributed by atoms with Crippen molar-refractivity contribution in [1.82, 2.24) is 9.47 Å². The Morgan fingerprint density at radius 2 is 1.97 bits per heavy atom. The highest BCUT2D eigenvalue weighted by atomic mass is 32.1. The number of rotatable bonds is 2. The number of carbonyl (C=O) groups excluding carboxylic acids is 1. The summed E-state index contributed by atoms with van der Waals surface area (Å²) in [5.74, 6) is 0. The minimum absolute atomic E-state index is 0.0125. The molecule has 5 heteroatoms. The topological polar surface area (TPSA) is 37.3 Å². The van der Waals surface area contributed by atoms with Crippen LogP contribution in [0.3, 0.4) is 0 Å². The molecule has 1 N–H and O–H groups in total. The van der Waals surface area contributed by atoms with Gasteiger partial charge in [-0.3, -0.25) is 0 Å². The minimum Gasteiger partial charge on any atom is -0.312 e. The molecule has 0 spiro atoms. The van der Waals surface area contributed by atoms with E-state index in [0.717, 1.165) is 18.5 Å². The van der Waals surface area contributed by atoms with Crippen molar-refractivity contribution < 1.29 is 4.79 Å². The molecule has 0 fully saturated rings. The van der Waals surface area contributed by atoms with Crippen molar-refractivity contribution in [3.05, 3.63) is 69.4 Å². The summed E-state index contributed by atoms with van der Waals surface area (Å²) in [5.41, 5.74) is 7.37. The zero-order valence-electron chi connectivity index (χ0n) is 18.0. The Balaban J connectivity index is 1.55. The molecule has 1 aliphatic carbocycles. The van der Waals surface area contributed by atoms with E-state index in [1.807, 2.05) is 17.4 Å². The van der Waals surface area contributed by atoms with Crippen molar-refractivity contribution in [1.29, 1.82) is 0 Å². The average molecular weight is 420 g/mol. The third-order valence-corrected chi connectivity index (χ3v) is 8.04. The van der Waals surface area contributed by atoms with Gasteiger partial charge in [0, 0.05) is 28.0 Å². The smallest absolute Gasteiger partial charge is 0.312 e. The van der Waals surface area contributed by atoms with Gasteiger partial charge in [-0.05, 0) is 86.9 Å². The van der Waals surface area contributed by atoms with Crippen molar-refractivity contribution in [3.63, 3.8) is 0 Å². The SMILES string of the molecule is CC[C@@H]1c2cccn2-c2sc3c(c2CN1C(=O)Nc1ccc(C)c(C)c1)CCCC3. The van der Waals surface area contributed by atoms with Gasteiger partial charge in [-0.25, -0.2) is 4.79 Å². The number of benzene rings is 1. The van der Waals surface area contributed by atoms with E-state index >= 15 is 0 Å². The lowest BCUT2D eigenvalue weighted by molar-refractivity contribution is 0.181. The normalized spacial score (nSPS) is 17.7. The second-order valence-electron chi connectivity index (χ2n) is 8.58. The number of thiophene rings is 1. The average Bonchev–Trinajstić information content (AvgIpc) is 3.33. The third-order valence-electron chi connectivity index (χ3n) is 6.71. The monoisotopic (exact) mass is 419 g/mol. The van der Waals surface area contributed by atoms with Gasteiger partial charge in [0.15, 0.2) is 0 Å². The first-order valence-corrected chi connectivity index (χ1v) is 11.8. The van der Waals surface area contributed by atoms with Crippen molar-refractivity contribution >= 4 is 23.1 Å². The number of urea groups is 1. The first-order valence-electron chi connectivity index (χ1n) is 11.0. The second kappa shape index (κ2) is 7.62. The van der Waals surface area contributed by atoms with E-state index < -0.39 is 0 Å². The molecule has 0 radical (unpaired) electrons. The lowest BCUT2D eigenvalue weighted by Gasteiger charge is -2.30. The zero-order valence-corrected chi connectivity index (χ0v) is 18.8. The predicted molar refractivity (Wildman–Crippen MR) is 124 cm³/mol. The molecule has 2 aromatic heterocycles. The molecule has 0 saturated heterocycles. The molecule has 0 unspecified atom stereocenters. The summed E-state index contributed by atoms with van der Waals surface area (Å²) in [6.45, 7) is 7.03. The van der Waals surface area contributed by atoms with Crippen LogP contribution in [0.4, 0.5) is 10.5 Å². The van der Waals surface area contributed by atoms with E-state index in [1.165, 1.54) is 57.1 Å². The lowest BCUT2D eigenvalue weighted by atomic mass is 9.95. The maximum Gasteiger partial charge on any atom is 0.322 e. The Bertz CT molecular complexity index is 1110. The predicted octanol–water partition coefficient (Wildman–Crippen LogP) is 6.53. The van der Waals surface area contributed by atoms with Crippen LogP contribution in [0.1, 0.15) is 65.1 Å². The number of nitrogens with one attached hydrogen (secondary N) is 1. The van der Waals surface area contributed by atoms with Crippen LogP contribution in [0, 0.1) is 13.8 Å². The molecular formula is C25H29N3OS. The summed E-state index contributed by atoms with van der Waals surface area (Å²) in [4.78, 5) is 17.1. The Kier molecular flexibility index (Phi) is 4.94. The standard InChI is InChI=1S/C25H29N3OS/c1-4-21-22-9-7-13-27(22)24-20(19-8-5-6-10-23(19)30-24)15-28(21)25(29)26-18-12-11-16(2)17(3)14-18/h7,9,11-14,21H,4-6,8,10,15H2,1-3H3,(H,26,29)/t21-/m1/s1. The Hall–Kier alpha value is -2.53. The molecule has 1 aliphatic heterocycles. The molecule has 5 rings (SSSR count). The number of amides is 2. The molecule has 3 heterocycles. The molecule has 2 aliphatic rings. The van der Waals surface area contributed by atoms with Gasteiger partial charge in [0.25, 0.3) is 0 Å². The maximum atomic E-state index is 13.5. The molecule has 3 aromatic rings. The van der Waals surface area contributed by atoms with E-state index in [1.54, 1.807) is 0 Å². The number of hydrogen-bond donors (Lipinski definition) is 1. The van der Waals surface area contributed by atoms with Crippen LogP contribution in [0.15, 0.2) is 36.5 Å². The van der Waals surface area contributed by atoms with E-state index in [-0.39, 0.29) is 12.1 Å². The van der Waals surface area contributed by atoms with Gasteiger partial charge in [-0.2, -0.15) is 0 Å². The fraction of sp³-hybridized carbons (Fsp3) is 0.400. The minimum atomic E-state index is -0.0125. The molecule has 30 heavy (non-hydrogen) atoms. The summed E-state index contributed by atoms with van der Waals surface area (Å²) >= 11 is 1.94. The first-order chi connectivity index (χ1) is 14.6. The highest BCUT2D eigenvalue weighted by Crippen LogP contribution is 2.43. The number of aryl methyl sites for hydroxylation is 3. The molecule has 2 amide bonds. The van der Waals surface area contributed by atoms with Crippen LogP contribution >= 0.6 is 11.3 Å². The van der Waals surface area contributed by atoms with Gasteiger partial charge < -0.3 is 14.8 Å². The summed E-state index contributed by atoms with van der Waals surface area (Å²) in [6, 6.07) is 10.5. The number of aromatic nitrogens is 1. The van der Waals surface area contributed by atoms with E-state index in [4.69, 9.17) is 0 Å². The number of anilines is 1. The van der Waals surface area contributed by atoms with E-state index in [9.17, 15) is 4.79 Å². The van der Waals surface area contributed by atoms with Crippen LogP contribution in [-0.4, -0.2) is 15.5 Å². The molecule has 0 bridgehead atoms. The number of hydrogen-bond acceptors (Lipinski definition) is 2. The van der Waals surface area contributed by atoms with Crippen molar-refractivity contribution in [2.24, 2.45) is 0 Å². The highest BCUT2D eigenvalue weighted by molar-refractivity contribution is 7.15. The first kappa shape index (κ1) is 19.4. The van der Waals surface area contributed by atoms with Gasteiger partial charge in [-0.1, -0.05) is 13.0 Å². The summed E-state index contributed by atoms with van der Waals surface area (Å²) in [6.07, 6.45) is 7.90. The Labute approximate surface area is 182 Å². The third kappa shape index (κ3) is 3.16. The van der Waals surface area contributed by atoms with Crippen LogP contribution < -0.4 is 5.32 Å². The summed E-state index contributed by atoms with van der Waals surface area (Å²) in [7, 11) is 0. The van der Waals surface area contributed by atoms with Gasteiger partial charge in [0.2, 0.25) is 0 Å². The van der Waals surface area contributed by atoms with Crippen molar-refractivity contribution in [2.45, 2.75) is 65.5 Å². The maximum absolute atomic E-state index is 13.5. The quantitative estimate of drug-likeness (QED) is 0.503. The van der Waals surface area contributed by atoms with Gasteiger partial charge >= 0.3 is 6.03 Å². The molecular weight excluding hydrogens is 390 g/mol. The lowest BCUT2D eigenvalue weighted by Crippen LogP contribution is -2.37. The van der Waals surface area contributed by atoms with Crippen LogP contribution in [0.5, 0.6) is 0 Å². The van der Waals surface area contributed by atoms with E-state index in [2.05, 4.69) is 66.0 Å². The van der Waals surface area contributed by atoms with Crippen LogP contribution in [0.25, 0.3) is 5.00 Å². The summed E-state index contributed by atoms with van der Waals surface area (Å²) in [5, 5.41) is 4.50. The van der Waals surface area contributed by atoms with Crippen molar-refractivity contribution in [2.75, 3.05) is 5.32 Å². The number of carbonyl (C=O) groups is 1. The number of fused-ring (bicyclic) bond motifs is 5. The second-order valence-corrected chi connectivity index (χ2v) is 9.66.